The quantitative estimate of drug-likeness (QED) is 0.446. The number of aliphatic carboxylic acids is 2. The van der Waals surface area contributed by atoms with Crippen LogP contribution in [0, 0.1) is 17.5 Å². The summed E-state index contributed by atoms with van der Waals surface area (Å²) in [5.41, 5.74) is 0. The van der Waals surface area contributed by atoms with E-state index in [0.717, 1.165) is 23.7 Å². The van der Waals surface area contributed by atoms with Crippen LogP contribution in [0.4, 0.5) is 13.2 Å². The molecule has 0 aliphatic rings. The van der Waals surface area contributed by atoms with Gasteiger partial charge in [0.15, 0.2) is 0 Å². The van der Waals surface area contributed by atoms with E-state index in [-0.39, 0.29) is 17.5 Å². The Bertz CT molecular complexity index is 867. The van der Waals surface area contributed by atoms with Gasteiger partial charge in [0, 0.05) is 13.8 Å². The summed E-state index contributed by atoms with van der Waals surface area (Å²) < 4.78 is 43.4. The van der Waals surface area contributed by atoms with Gasteiger partial charge in [-0.05, 0) is 0 Å². The molecule has 0 amide bonds. The fraction of sp³-hybridized carbons (Fsp3) is 0.0909. The molecule has 0 aliphatic carbocycles. The van der Waals surface area contributed by atoms with E-state index in [1.807, 2.05) is 18.2 Å². The first-order valence-electron chi connectivity index (χ1n) is 8.56. The maximum atomic E-state index is 13.6. The van der Waals surface area contributed by atoms with Gasteiger partial charge in [0.05, 0.1) is 0 Å². The second-order valence-corrected chi connectivity index (χ2v) is 14.4. The molecular formula is C22H20BiF3O4. The Morgan fingerprint density at radius 2 is 0.867 bits per heavy atom. The molecule has 3 aromatic carbocycles. The number of rotatable bonds is 3. The summed E-state index contributed by atoms with van der Waals surface area (Å²) in [5, 5.41) is 14.8. The van der Waals surface area contributed by atoms with E-state index in [0.29, 0.717) is 0 Å². The molecule has 8 heteroatoms. The summed E-state index contributed by atoms with van der Waals surface area (Å²) in [6, 6.07) is 19.0. The molecule has 3 rings (SSSR count). The maximum absolute atomic E-state index is 13.6. The van der Waals surface area contributed by atoms with Crippen molar-refractivity contribution in [1.29, 1.82) is 0 Å². The molecule has 0 atom stereocenters. The average Bonchev–Trinajstić information content (AvgIpc) is 2.61. The van der Waals surface area contributed by atoms with Gasteiger partial charge in [-0.25, -0.2) is 0 Å². The third-order valence-electron chi connectivity index (χ3n) is 3.20. The molecule has 0 saturated carbocycles. The number of hydrogen-bond acceptors (Lipinski definition) is 2. The number of carbonyl (C=O) groups is 2. The number of benzene rings is 3. The third-order valence-corrected chi connectivity index (χ3v) is 12.5. The Labute approximate surface area is 180 Å². The summed E-state index contributed by atoms with van der Waals surface area (Å²) in [6.45, 7) is 2.17. The zero-order valence-electron chi connectivity index (χ0n) is 16.2. The number of halogens is 3. The zero-order chi connectivity index (χ0) is 22.7. The van der Waals surface area contributed by atoms with Crippen LogP contribution in [-0.4, -0.2) is 43.9 Å². The average molecular weight is 614 g/mol. The van der Waals surface area contributed by atoms with Crippen LogP contribution < -0.4 is 9.81 Å². The van der Waals surface area contributed by atoms with E-state index in [1.165, 1.54) is 36.4 Å². The van der Waals surface area contributed by atoms with Crippen molar-refractivity contribution >= 4 is 43.5 Å². The molecule has 0 heterocycles. The van der Waals surface area contributed by atoms with Gasteiger partial charge in [0.1, 0.15) is 0 Å². The molecule has 158 valence electrons. The molecule has 30 heavy (non-hydrogen) atoms. The topological polar surface area (TPSA) is 74.6 Å². The Hall–Kier alpha value is -2.73. The Balaban J connectivity index is 0.000000485. The minimum absolute atomic E-state index is 0.328. The molecule has 4 nitrogen and oxygen atoms in total. The standard InChI is InChI=1S/3C6H4F.2C2H4O2.Bi/c3*7-6-4-2-1-3-5-6;2*1-2(3)4;/h3*1-2,4-5H;2*1H3,(H,3,4);. The van der Waals surface area contributed by atoms with E-state index in [1.54, 1.807) is 18.2 Å². The van der Waals surface area contributed by atoms with Gasteiger partial charge >= 0.3 is 135 Å². The van der Waals surface area contributed by atoms with E-state index in [9.17, 15) is 13.2 Å². The molecule has 0 aliphatic heterocycles. The summed E-state index contributed by atoms with van der Waals surface area (Å²) in [6.07, 6.45) is 0. The zero-order valence-corrected chi connectivity index (χ0v) is 19.7. The van der Waals surface area contributed by atoms with Crippen molar-refractivity contribution in [3.05, 3.63) is 90.2 Å². The van der Waals surface area contributed by atoms with Gasteiger partial charge in [0.25, 0.3) is 11.9 Å². The van der Waals surface area contributed by atoms with Crippen LogP contribution in [-0.2, 0) is 9.59 Å². The molecule has 0 bridgehead atoms. The van der Waals surface area contributed by atoms with Crippen LogP contribution >= 0.6 is 0 Å². The van der Waals surface area contributed by atoms with Crippen LogP contribution in [0.1, 0.15) is 13.8 Å². The van der Waals surface area contributed by atoms with Crippen LogP contribution in [0.3, 0.4) is 0 Å². The normalized spacial score (nSPS) is 9.67. The molecule has 0 aromatic heterocycles. The fourth-order valence-corrected chi connectivity index (χ4v) is 11.5. The Kier molecular flexibility index (Phi) is 10.8. The first-order valence-corrected chi connectivity index (χ1v) is 13.8. The van der Waals surface area contributed by atoms with Crippen molar-refractivity contribution in [2.45, 2.75) is 13.8 Å². The van der Waals surface area contributed by atoms with Crippen molar-refractivity contribution < 1.29 is 33.0 Å². The molecule has 0 fully saturated rings. The number of carboxylic acid groups (broad SMARTS) is 2. The fourth-order valence-electron chi connectivity index (χ4n) is 2.29. The first kappa shape index (κ1) is 25.3. The molecule has 0 radical (unpaired) electrons. The third kappa shape index (κ3) is 9.65. The van der Waals surface area contributed by atoms with E-state index >= 15 is 0 Å². The van der Waals surface area contributed by atoms with Gasteiger partial charge in [-0.1, -0.05) is 0 Å². The molecule has 3 aromatic rings. The molecule has 0 unspecified atom stereocenters. The summed E-state index contributed by atoms with van der Waals surface area (Å²) >= 11 is -2.90. The molecule has 2 N–H and O–H groups in total. The SMILES string of the molecule is CC(=O)O.CC(=O)O.Fc1ccc[c]([Bi]([c]2cccc(F)c2)[c]2cccc(F)c2)c1. The summed E-state index contributed by atoms with van der Waals surface area (Å²) in [7, 11) is 0. The van der Waals surface area contributed by atoms with Gasteiger partial charge < -0.3 is 10.2 Å². The van der Waals surface area contributed by atoms with Crippen molar-refractivity contribution in [2.75, 3.05) is 0 Å². The van der Waals surface area contributed by atoms with Crippen LogP contribution in [0.25, 0.3) is 0 Å². The van der Waals surface area contributed by atoms with Gasteiger partial charge in [-0.15, -0.1) is 0 Å². The van der Waals surface area contributed by atoms with Gasteiger partial charge in [-0.2, -0.15) is 0 Å². The second kappa shape index (κ2) is 12.8. The number of carboxylic acids is 2. The van der Waals surface area contributed by atoms with Crippen molar-refractivity contribution in [3.63, 3.8) is 0 Å². The Morgan fingerprint density at radius 3 is 1.07 bits per heavy atom. The van der Waals surface area contributed by atoms with Gasteiger partial charge in [0.2, 0.25) is 0 Å². The minimum atomic E-state index is -2.90. The predicted molar refractivity (Wildman–Crippen MR) is 110 cm³/mol. The molecular weight excluding hydrogens is 594 g/mol. The van der Waals surface area contributed by atoms with E-state index in [4.69, 9.17) is 19.8 Å². The van der Waals surface area contributed by atoms with E-state index in [2.05, 4.69) is 0 Å². The predicted octanol–water partition coefficient (Wildman–Crippen LogP) is 2.80. The molecule has 0 saturated heterocycles. The van der Waals surface area contributed by atoms with Crippen LogP contribution in [0.15, 0.2) is 72.8 Å². The molecule has 0 spiro atoms. The van der Waals surface area contributed by atoms with E-state index < -0.39 is 33.7 Å². The van der Waals surface area contributed by atoms with Crippen molar-refractivity contribution in [3.8, 4) is 0 Å². The van der Waals surface area contributed by atoms with Gasteiger partial charge in [-0.3, -0.25) is 9.59 Å². The van der Waals surface area contributed by atoms with Crippen LogP contribution in [0.2, 0.25) is 0 Å². The summed E-state index contributed by atoms with van der Waals surface area (Å²) in [5.74, 6) is -2.65. The van der Waals surface area contributed by atoms with Crippen molar-refractivity contribution in [1.82, 2.24) is 0 Å². The Morgan fingerprint density at radius 1 is 0.633 bits per heavy atom. The monoisotopic (exact) mass is 614 g/mol. The number of hydrogen-bond donors (Lipinski definition) is 2. The van der Waals surface area contributed by atoms with Crippen molar-refractivity contribution in [2.24, 2.45) is 0 Å². The van der Waals surface area contributed by atoms with Crippen LogP contribution in [0.5, 0.6) is 0 Å². The first-order chi connectivity index (χ1) is 14.1. The summed E-state index contributed by atoms with van der Waals surface area (Å²) in [4.78, 5) is 18.0. The second-order valence-electron chi connectivity index (χ2n) is 5.81.